The molecule has 0 amide bonds. The van der Waals surface area contributed by atoms with Gasteiger partial charge in [-0.1, -0.05) is 15.9 Å². The average Bonchev–Trinajstić information content (AvgIpc) is 1.91. The maximum Gasteiger partial charge on any atom is 0.0511 e. The van der Waals surface area contributed by atoms with Crippen LogP contribution in [0.3, 0.4) is 0 Å². The molecule has 0 aromatic heterocycles. The Morgan fingerprint density at radius 1 is 1.17 bits per heavy atom. The second-order valence-electron chi connectivity index (χ2n) is 2.94. The van der Waals surface area contributed by atoms with Crippen LogP contribution in [0.1, 0.15) is 6.42 Å². The molecule has 1 heterocycles. The van der Waals surface area contributed by atoms with Crippen LogP contribution in [0.15, 0.2) is 27.1 Å². The van der Waals surface area contributed by atoms with Gasteiger partial charge in [0.1, 0.15) is 0 Å². The first kappa shape index (κ1) is 8.57. The highest BCUT2D eigenvalue weighted by molar-refractivity contribution is 9.11. The Morgan fingerprint density at radius 2 is 1.92 bits per heavy atom. The van der Waals surface area contributed by atoms with Crippen molar-refractivity contribution in [3.05, 3.63) is 27.1 Å². The van der Waals surface area contributed by atoms with Crippen molar-refractivity contribution in [3.63, 3.8) is 0 Å². The van der Waals surface area contributed by atoms with Crippen LogP contribution in [0.25, 0.3) is 0 Å². The van der Waals surface area contributed by atoms with E-state index in [1.807, 2.05) is 0 Å². The molecule has 0 radical (unpaired) electrons. The summed E-state index contributed by atoms with van der Waals surface area (Å²) in [4.78, 5) is 2.37. The third-order valence-corrected chi connectivity index (χ3v) is 3.23. The molecule has 1 aliphatic heterocycles. The number of hydrogen-bond donors (Lipinski definition) is 0. The van der Waals surface area contributed by atoms with E-state index in [2.05, 4.69) is 55.0 Å². The summed E-state index contributed by atoms with van der Waals surface area (Å²) in [5, 5.41) is 0. The molecule has 0 N–H and O–H groups in total. The maximum atomic E-state index is 3.55. The van der Waals surface area contributed by atoms with Gasteiger partial charge in [-0.2, -0.15) is 0 Å². The normalized spacial score (nSPS) is 16.0. The Morgan fingerprint density at radius 3 is 2.42 bits per heavy atom. The molecule has 1 aromatic carbocycles. The topological polar surface area (TPSA) is 3.24 Å². The molecule has 0 aliphatic carbocycles. The van der Waals surface area contributed by atoms with Crippen LogP contribution in [-0.4, -0.2) is 13.1 Å². The van der Waals surface area contributed by atoms with E-state index < -0.39 is 0 Å². The molecule has 1 aromatic rings. The van der Waals surface area contributed by atoms with Crippen molar-refractivity contribution in [1.82, 2.24) is 0 Å². The van der Waals surface area contributed by atoms with E-state index in [9.17, 15) is 0 Å². The summed E-state index contributed by atoms with van der Waals surface area (Å²) in [6.07, 6.45) is 1.32. The SMILES string of the molecule is Brc1ccc(N2CCC2)c(Br)c1. The van der Waals surface area contributed by atoms with Gasteiger partial charge in [0.15, 0.2) is 0 Å². The lowest BCUT2D eigenvalue weighted by molar-refractivity contribution is 0.616. The molecule has 0 bridgehead atoms. The van der Waals surface area contributed by atoms with Crippen LogP contribution in [0.5, 0.6) is 0 Å². The molecule has 0 spiro atoms. The van der Waals surface area contributed by atoms with Crippen molar-refractivity contribution in [2.75, 3.05) is 18.0 Å². The van der Waals surface area contributed by atoms with Gasteiger partial charge in [0.25, 0.3) is 0 Å². The van der Waals surface area contributed by atoms with Crippen LogP contribution in [0, 0.1) is 0 Å². The summed E-state index contributed by atoms with van der Waals surface area (Å²) in [6.45, 7) is 2.39. The van der Waals surface area contributed by atoms with Gasteiger partial charge in [-0.05, 0) is 40.5 Å². The Labute approximate surface area is 89.0 Å². The molecule has 12 heavy (non-hydrogen) atoms. The average molecular weight is 291 g/mol. The summed E-state index contributed by atoms with van der Waals surface area (Å²) < 4.78 is 2.30. The summed E-state index contributed by atoms with van der Waals surface area (Å²) in [5.74, 6) is 0. The Kier molecular flexibility index (Phi) is 2.42. The lowest BCUT2D eigenvalue weighted by Crippen LogP contribution is -2.37. The van der Waals surface area contributed by atoms with Crippen molar-refractivity contribution < 1.29 is 0 Å². The van der Waals surface area contributed by atoms with Crippen LogP contribution < -0.4 is 4.90 Å². The molecular weight excluding hydrogens is 282 g/mol. The van der Waals surface area contributed by atoms with Crippen molar-refractivity contribution in [3.8, 4) is 0 Å². The second-order valence-corrected chi connectivity index (χ2v) is 4.71. The first-order chi connectivity index (χ1) is 5.77. The van der Waals surface area contributed by atoms with E-state index in [0.29, 0.717) is 0 Å². The summed E-state index contributed by atoms with van der Waals surface area (Å²) in [6, 6.07) is 6.32. The van der Waals surface area contributed by atoms with Crippen LogP contribution >= 0.6 is 31.9 Å². The molecule has 2 rings (SSSR count). The van der Waals surface area contributed by atoms with E-state index in [1.54, 1.807) is 0 Å². The van der Waals surface area contributed by atoms with Gasteiger partial charge in [-0.3, -0.25) is 0 Å². The summed E-state index contributed by atoms with van der Waals surface area (Å²) in [7, 11) is 0. The van der Waals surface area contributed by atoms with E-state index in [4.69, 9.17) is 0 Å². The van der Waals surface area contributed by atoms with Crippen molar-refractivity contribution in [1.29, 1.82) is 0 Å². The zero-order chi connectivity index (χ0) is 8.55. The van der Waals surface area contributed by atoms with Crippen LogP contribution in [0.4, 0.5) is 5.69 Å². The molecule has 1 nitrogen and oxygen atoms in total. The molecule has 3 heteroatoms. The number of rotatable bonds is 1. The van der Waals surface area contributed by atoms with E-state index >= 15 is 0 Å². The molecule has 64 valence electrons. The summed E-state index contributed by atoms with van der Waals surface area (Å²) in [5.41, 5.74) is 1.31. The zero-order valence-corrected chi connectivity index (χ0v) is 9.73. The number of anilines is 1. The van der Waals surface area contributed by atoms with E-state index in [0.717, 1.165) is 4.47 Å². The highest BCUT2D eigenvalue weighted by atomic mass is 79.9. The third kappa shape index (κ3) is 1.52. The molecule has 0 unspecified atom stereocenters. The molecule has 1 saturated heterocycles. The smallest absolute Gasteiger partial charge is 0.0511 e. The molecular formula is C9H9Br2N. The van der Waals surface area contributed by atoms with Crippen LogP contribution in [0.2, 0.25) is 0 Å². The quantitative estimate of drug-likeness (QED) is 0.766. The lowest BCUT2D eigenvalue weighted by atomic mass is 10.2. The summed E-state index contributed by atoms with van der Waals surface area (Å²) >= 11 is 6.99. The molecule has 0 saturated carbocycles. The molecule has 0 atom stereocenters. The first-order valence-corrected chi connectivity index (χ1v) is 5.56. The minimum absolute atomic E-state index is 1.12. The monoisotopic (exact) mass is 289 g/mol. The van der Waals surface area contributed by atoms with Gasteiger partial charge in [0, 0.05) is 22.0 Å². The number of nitrogens with zero attached hydrogens (tertiary/aromatic N) is 1. The third-order valence-electron chi connectivity index (χ3n) is 2.11. The van der Waals surface area contributed by atoms with Crippen molar-refractivity contribution in [2.24, 2.45) is 0 Å². The molecule has 1 fully saturated rings. The number of halogens is 2. The Hall–Kier alpha value is -0.0200. The predicted octanol–water partition coefficient (Wildman–Crippen LogP) is 3.42. The molecule has 1 aliphatic rings. The second kappa shape index (κ2) is 3.38. The van der Waals surface area contributed by atoms with Crippen molar-refractivity contribution >= 4 is 37.5 Å². The zero-order valence-electron chi connectivity index (χ0n) is 6.56. The fraction of sp³-hybridized carbons (Fsp3) is 0.333. The van der Waals surface area contributed by atoms with E-state index in [1.165, 1.54) is 29.7 Å². The lowest BCUT2D eigenvalue weighted by Gasteiger charge is -2.33. The maximum absolute atomic E-state index is 3.55. The first-order valence-electron chi connectivity index (χ1n) is 3.97. The standard InChI is InChI=1S/C9H9Br2N/c10-7-2-3-9(8(11)6-7)12-4-1-5-12/h2-3,6H,1,4-5H2. The van der Waals surface area contributed by atoms with Gasteiger partial charge >= 0.3 is 0 Å². The predicted molar refractivity (Wildman–Crippen MR) is 58.7 cm³/mol. The van der Waals surface area contributed by atoms with Crippen LogP contribution in [-0.2, 0) is 0 Å². The van der Waals surface area contributed by atoms with Gasteiger partial charge in [0.2, 0.25) is 0 Å². The number of benzene rings is 1. The number of hydrogen-bond acceptors (Lipinski definition) is 1. The largest absolute Gasteiger partial charge is 0.370 e. The minimum atomic E-state index is 1.12. The van der Waals surface area contributed by atoms with Gasteiger partial charge in [-0.25, -0.2) is 0 Å². The van der Waals surface area contributed by atoms with Gasteiger partial charge in [0.05, 0.1) is 5.69 Å². The minimum Gasteiger partial charge on any atom is -0.370 e. The highest BCUT2D eigenvalue weighted by Gasteiger charge is 2.16. The fourth-order valence-corrected chi connectivity index (χ4v) is 2.59. The Bertz CT molecular complexity index is 295. The fourth-order valence-electron chi connectivity index (χ4n) is 1.29. The Balaban J connectivity index is 2.31. The van der Waals surface area contributed by atoms with Gasteiger partial charge < -0.3 is 4.90 Å². The highest BCUT2D eigenvalue weighted by Crippen LogP contribution is 2.31. The van der Waals surface area contributed by atoms with E-state index in [-0.39, 0.29) is 0 Å². The van der Waals surface area contributed by atoms with Gasteiger partial charge in [-0.15, -0.1) is 0 Å². The van der Waals surface area contributed by atoms with Crippen molar-refractivity contribution in [2.45, 2.75) is 6.42 Å².